The Labute approximate surface area is 78.9 Å². The van der Waals surface area contributed by atoms with E-state index in [-0.39, 0.29) is 0 Å². The highest BCUT2D eigenvalue weighted by Crippen LogP contribution is 2.21. The number of likely N-dealkylation sites (N-methyl/N-ethyl adjacent to an activating group) is 1. The van der Waals surface area contributed by atoms with Gasteiger partial charge in [-0.25, -0.2) is 0 Å². The molecule has 0 fully saturated rings. The topological polar surface area (TPSA) is 15.6 Å². The Hall–Kier alpha value is -1.31. The van der Waals surface area contributed by atoms with Crippen LogP contribution in [0.5, 0.6) is 0 Å². The third kappa shape index (κ3) is 1.57. The van der Waals surface area contributed by atoms with Crippen molar-refractivity contribution in [1.29, 1.82) is 0 Å². The molecule has 0 amide bonds. The summed E-state index contributed by atoms with van der Waals surface area (Å²) in [5.74, 6) is 0.559. The van der Waals surface area contributed by atoms with Crippen molar-refractivity contribution in [3.63, 3.8) is 0 Å². The van der Waals surface area contributed by atoms with Crippen LogP contribution >= 0.6 is 0 Å². The molecule has 1 aliphatic heterocycles. The molecule has 1 aromatic rings. The summed E-state index contributed by atoms with van der Waals surface area (Å²) in [6.07, 6.45) is 1.94. The molecular weight excluding hydrogens is 160 g/mol. The zero-order valence-electron chi connectivity index (χ0n) is 8.07. The van der Waals surface area contributed by atoms with E-state index < -0.39 is 0 Å². The van der Waals surface area contributed by atoms with Gasteiger partial charge in [0, 0.05) is 19.5 Å². The Morgan fingerprint density at radius 2 is 2.15 bits per heavy atom. The third-order valence-electron chi connectivity index (χ3n) is 2.46. The van der Waals surface area contributed by atoms with E-state index in [4.69, 9.17) is 0 Å². The highest BCUT2D eigenvalue weighted by Gasteiger charge is 2.13. The maximum absolute atomic E-state index is 4.32. The van der Waals surface area contributed by atoms with Crippen LogP contribution < -0.4 is 0 Å². The number of hydrogen-bond acceptors (Lipinski definition) is 2. The summed E-state index contributed by atoms with van der Waals surface area (Å²) in [7, 11) is 2.01. The summed E-state index contributed by atoms with van der Waals surface area (Å²) < 4.78 is 0. The lowest BCUT2D eigenvalue weighted by molar-refractivity contribution is 0.339. The molecule has 13 heavy (non-hydrogen) atoms. The molecule has 1 heterocycles. The van der Waals surface area contributed by atoms with Crippen molar-refractivity contribution < 1.29 is 0 Å². The van der Waals surface area contributed by atoms with E-state index in [2.05, 4.69) is 36.3 Å². The maximum atomic E-state index is 4.32. The van der Waals surface area contributed by atoms with E-state index in [1.165, 1.54) is 11.1 Å². The predicted molar refractivity (Wildman–Crippen MR) is 55.1 cm³/mol. The van der Waals surface area contributed by atoms with Gasteiger partial charge in [0.25, 0.3) is 0 Å². The quantitative estimate of drug-likeness (QED) is 0.588. The zero-order chi connectivity index (χ0) is 9.26. The van der Waals surface area contributed by atoms with Crippen molar-refractivity contribution >= 4 is 6.21 Å². The summed E-state index contributed by atoms with van der Waals surface area (Å²) in [5, 5.41) is 6.31. The van der Waals surface area contributed by atoms with Gasteiger partial charge in [-0.1, -0.05) is 31.2 Å². The van der Waals surface area contributed by atoms with Gasteiger partial charge in [-0.2, -0.15) is 5.10 Å². The number of hydrogen-bond donors (Lipinski definition) is 0. The second-order valence-electron chi connectivity index (χ2n) is 3.61. The smallest absolute Gasteiger partial charge is 0.0545 e. The van der Waals surface area contributed by atoms with Gasteiger partial charge in [0.2, 0.25) is 0 Å². The van der Waals surface area contributed by atoms with E-state index in [1.807, 2.05) is 18.3 Å². The van der Waals surface area contributed by atoms with Crippen LogP contribution in [0.25, 0.3) is 0 Å². The number of nitrogens with zero attached hydrogens (tertiary/aromatic N) is 2. The summed E-state index contributed by atoms with van der Waals surface area (Å²) in [4.78, 5) is 0. The van der Waals surface area contributed by atoms with E-state index >= 15 is 0 Å². The number of benzene rings is 1. The molecule has 1 aliphatic rings. The van der Waals surface area contributed by atoms with E-state index in [9.17, 15) is 0 Å². The molecular formula is C11H14N2. The van der Waals surface area contributed by atoms with E-state index in [0.717, 1.165) is 6.54 Å². The molecule has 0 bridgehead atoms. The first-order valence-corrected chi connectivity index (χ1v) is 4.61. The minimum atomic E-state index is 0.559. The van der Waals surface area contributed by atoms with Gasteiger partial charge in [0.15, 0.2) is 0 Å². The first kappa shape index (κ1) is 8.30. The molecule has 1 atom stereocenters. The van der Waals surface area contributed by atoms with Crippen LogP contribution in [0.3, 0.4) is 0 Å². The van der Waals surface area contributed by atoms with E-state index in [1.54, 1.807) is 0 Å². The van der Waals surface area contributed by atoms with Gasteiger partial charge in [-0.3, -0.25) is 5.01 Å². The van der Waals surface area contributed by atoms with Crippen LogP contribution in [0.2, 0.25) is 0 Å². The summed E-state index contributed by atoms with van der Waals surface area (Å²) >= 11 is 0. The Kier molecular flexibility index (Phi) is 2.05. The number of rotatable bonds is 0. The average Bonchev–Trinajstić information content (AvgIpc) is 2.27. The van der Waals surface area contributed by atoms with Gasteiger partial charge in [0.05, 0.1) is 6.21 Å². The second kappa shape index (κ2) is 3.21. The minimum Gasteiger partial charge on any atom is -0.299 e. The molecule has 0 saturated heterocycles. The van der Waals surface area contributed by atoms with Crippen molar-refractivity contribution in [3.8, 4) is 0 Å². The molecule has 0 aromatic heterocycles. The van der Waals surface area contributed by atoms with Crippen LogP contribution in [0.4, 0.5) is 0 Å². The molecule has 1 unspecified atom stereocenters. The highest BCUT2D eigenvalue weighted by atomic mass is 15.4. The lowest BCUT2D eigenvalue weighted by atomic mass is 9.96. The van der Waals surface area contributed by atoms with Crippen LogP contribution in [-0.2, 0) is 0 Å². The van der Waals surface area contributed by atoms with Gasteiger partial charge < -0.3 is 0 Å². The minimum absolute atomic E-state index is 0.559. The second-order valence-corrected chi connectivity index (χ2v) is 3.61. The average molecular weight is 174 g/mol. The molecule has 0 N–H and O–H groups in total. The van der Waals surface area contributed by atoms with Crippen LogP contribution in [0, 0.1) is 0 Å². The first-order valence-electron chi connectivity index (χ1n) is 4.61. The first-order chi connectivity index (χ1) is 6.27. The largest absolute Gasteiger partial charge is 0.299 e. The zero-order valence-corrected chi connectivity index (χ0v) is 8.07. The van der Waals surface area contributed by atoms with Gasteiger partial charge >= 0.3 is 0 Å². The predicted octanol–water partition coefficient (Wildman–Crippen LogP) is 2.07. The Balaban J connectivity index is 2.45. The molecule has 0 aliphatic carbocycles. The lowest BCUT2D eigenvalue weighted by Crippen LogP contribution is -2.15. The van der Waals surface area contributed by atoms with Crippen LogP contribution in [-0.4, -0.2) is 24.8 Å². The van der Waals surface area contributed by atoms with E-state index in [0.29, 0.717) is 5.92 Å². The molecule has 68 valence electrons. The van der Waals surface area contributed by atoms with Gasteiger partial charge in [-0.05, 0) is 11.1 Å². The lowest BCUT2D eigenvalue weighted by Gasteiger charge is -2.16. The van der Waals surface area contributed by atoms with Crippen LogP contribution in [0.15, 0.2) is 29.4 Å². The fourth-order valence-electron chi connectivity index (χ4n) is 1.78. The van der Waals surface area contributed by atoms with Crippen LogP contribution in [0.1, 0.15) is 24.0 Å². The van der Waals surface area contributed by atoms with Gasteiger partial charge in [0.1, 0.15) is 0 Å². The standard InChI is InChI=1S/C11H14N2/c1-9-8-13(2)12-7-10-5-3-4-6-11(9)10/h3-7,9H,8H2,1-2H3. The normalized spacial score (nSPS) is 21.1. The Morgan fingerprint density at radius 3 is 3.00 bits per heavy atom. The number of hydrazone groups is 1. The number of fused-ring (bicyclic) bond motifs is 1. The fraction of sp³-hybridized carbons (Fsp3) is 0.364. The summed E-state index contributed by atoms with van der Waals surface area (Å²) in [5.41, 5.74) is 2.65. The third-order valence-corrected chi connectivity index (χ3v) is 2.46. The van der Waals surface area contributed by atoms with Crippen molar-refractivity contribution in [2.75, 3.05) is 13.6 Å². The molecule has 0 radical (unpaired) electrons. The Bertz CT molecular complexity index is 331. The Morgan fingerprint density at radius 1 is 1.38 bits per heavy atom. The summed E-state index contributed by atoms with van der Waals surface area (Å²) in [6, 6.07) is 8.46. The monoisotopic (exact) mass is 174 g/mol. The molecule has 0 saturated carbocycles. The van der Waals surface area contributed by atoms with Crippen molar-refractivity contribution in [3.05, 3.63) is 35.4 Å². The molecule has 1 aromatic carbocycles. The molecule has 2 rings (SSSR count). The molecule has 2 heteroatoms. The van der Waals surface area contributed by atoms with Crippen molar-refractivity contribution in [1.82, 2.24) is 5.01 Å². The maximum Gasteiger partial charge on any atom is 0.0545 e. The van der Waals surface area contributed by atoms with Gasteiger partial charge in [-0.15, -0.1) is 0 Å². The SMILES string of the molecule is CC1CN(C)N=Cc2ccccc21. The van der Waals surface area contributed by atoms with Crippen molar-refractivity contribution in [2.24, 2.45) is 5.10 Å². The molecule has 2 nitrogen and oxygen atoms in total. The fourth-order valence-corrected chi connectivity index (χ4v) is 1.78. The summed E-state index contributed by atoms with van der Waals surface area (Å²) in [6.45, 7) is 3.23. The van der Waals surface area contributed by atoms with Crippen molar-refractivity contribution in [2.45, 2.75) is 12.8 Å². The molecule has 0 spiro atoms. The highest BCUT2D eigenvalue weighted by molar-refractivity contribution is 5.82.